The maximum Gasteiger partial charge on any atom is 4.00 e. The molecular formula is AlCrO6SiTi+2. The second kappa shape index (κ2) is 157. The van der Waals surface area contributed by atoms with Gasteiger partial charge in [-0.25, -0.2) is 0 Å². The average Bonchev–Trinajstić information content (AvgIpc) is 0.918. The molecule has 0 unspecified atom stereocenters. The van der Waals surface area contributed by atoms with Gasteiger partial charge >= 0.3 is 65.7 Å². The Morgan fingerprint density at radius 3 is 0.800 bits per heavy atom. The summed E-state index contributed by atoms with van der Waals surface area (Å²) in [6.07, 6.45) is 0. The smallest absolute Gasteiger partial charge is 2.00 e. The van der Waals surface area contributed by atoms with Crippen LogP contribution in [-0.2, 0) is 69.9 Å². The van der Waals surface area contributed by atoms with Crippen molar-refractivity contribution < 1.29 is 69.9 Å². The Balaban J connectivity index is -0.000000000952. The molecule has 0 aromatic heterocycles. The van der Waals surface area contributed by atoms with Gasteiger partial charge < -0.3 is 21.9 Å². The predicted molar refractivity (Wildman–Crippen MR) is 15.6 cm³/mol. The first-order chi connectivity index (χ1) is 1.41. The normalized spacial score (nSPS) is 0.800. The molecule has 0 aliphatic carbocycles. The predicted octanol–water partition coefficient (Wildman–Crippen LogP) is -1.48. The molecule has 0 heterocycles. The van der Waals surface area contributed by atoms with Gasteiger partial charge in [-0.05, 0) is 0 Å². The van der Waals surface area contributed by atoms with Crippen LogP contribution in [0, 0.1) is 0 Å². The van der Waals surface area contributed by atoms with Gasteiger partial charge in [0.1, 0.15) is 0 Å². The number of rotatable bonds is 0. The van der Waals surface area contributed by atoms with Crippen molar-refractivity contribution in [3.8, 4) is 0 Å². The van der Waals surface area contributed by atoms with Crippen molar-refractivity contribution in [1.29, 1.82) is 0 Å². The van der Waals surface area contributed by atoms with E-state index in [-0.39, 0.29) is 78.3 Å². The van der Waals surface area contributed by atoms with E-state index in [2.05, 4.69) is 0 Å². The van der Waals surface area contributed by atoms with Crippen LogP contribution in [0.1, 0.15) is 0 Å². The van der Waals surface area contributed by atoms with E-state index in [1.165, 1.54) is 0 Å². The van der Waals surface area contributed by atoms with E-state index in [9.17, 15) is 0 Å². The fourth-order valence-corrected chi connectivity index (χ4v) is 0. The SMILES string of the molecule is O=[Si]=O.[Al+3].[Cr+3].[O-2].[O-2].[O-2].[O-2].[Ti+4]. The fourth-order valence-electron chi connectivity index (χ4n) is 0. The van der Waals surface area contributed by atoms with Crippen molar-refractivity contribution in [2.45, 2.75) is 0 Å². The molecule has 6 nitrogen and oxygen atoms in total. The summed E-state index contributed by atoms with van der Waals surface area (Å²) < 4.78 is 16.8. The first-order valence-corrected chi connectivity index (χ1v) is 1.22. The van der Waals surface area contributed by atoms with Crippen molar-refractivity contribution in [3.05, 3.63) is 0 Å². The minimum Gasteiger partial charge on any atom is -2.00 e. The molecule has 0 fully saturated rings. The monoisotopic (exact) mass is 251 g/mol. The van der Waals surface area contributed by atoms with E-state index in [0.29, 0.717) is 0 Å². The van der Waals surface area contributed by atoms with Gasteiger partial charge in [-0.3, -0.25) is 8.92 Å². The Hall–Kier alpha value is 1.44. The van der Waals surface area contributed by atoms with Crippen molar-refractivity contribution in [3.63, 3.8) is 0 Å². The van der Waals surface area contributed by atoms with Gasteiger partial charge in [0, 0.05) is 0 Å². The zero-order chi connectivity index (χ0) is 2.71. The summed E-state index contributed by atoms with van der Waals surface area (Å²) in [5, 5.41) is 0. The van der Waals surface area contributed by atoms with Gasteiger partial charge in [-0.2, -0.15) is 0 Å². The van der Waals surface area contributed by atoms with Crippen LogP contribution in [0.25, 0.3) is 0 Å². The fraction of sp³-hybridized carbons (Fsp3) is 0. The summed E-state index contributed by atoms with van der Waals surface area (Å²) in [5.74, 6) is 0. The molecule has 0 aromatic carbocycles. The van der Waals surface area contributed by atoms with E-state index in [4.69, 9.17) is 8.92 Å². The standard InChI is InChI=1S/Al.Cr.O2Si.4O.Ti/c;;1-3-2;;;;;/q2*+3;;4*-2;+4. The molecule has 0 atom stereocenters. The van der Waals surface area contributed by atoms with Crippen LogP contribution >= 0.6 is 0 Å². The van der Waals surface area contributed by atoms with E-state index in [1.807, 2.05) is 0 Å². The first kappa shape index (κ1) is 105. The van der Waals surface area contributed by atoms with Crippen LogP contribution < -0.4 is 0 Å². The molecule has 0 spiro atoms. The van der Waals surface area contributed by atoms with Crippen molar-refractivity contribution in [2.75, 3.05) is 0 Å². The third-order valence-electron chi connectivity index (χ3n) is 0. The second-order valence-corrected chi connectivity index (χ2v) is 0.250. The Morgan fingerprint density at radius 1 is 0.800 bits per heavy atom. The molecule has 0 N–H and O–H groups in total. The second-order valence-electron chi connectivity index (χ2n) is 0.0833. The summed E-state index contributed by atoms with van der Waals surface area (Å²) in [4.78, 5) is 0. The molecule has 0 bridgehead atoms. The van der Waals surface area contributed by atoms with Gasteiger partial charge in [0.2, 0.25) is 0 Å². The molecule has 0 saturated carbocycles. The van der Waals surface area contributed by atoms with Crippen LogP contribution in [0.15, 0.2) is 0 Å². The molecule has 0 rings (SSSR count). The van der Waals surface area contributed by atoms with Gasteiger partial charge in [0.05, 0.1) is 0 Å². The summed E-state index contributed by atoms with van der Waals surface area (Å²) in [6.45, 7) is 0. The van der Waals surface area contributed by atoms with Gasteiger partial charge in [0.25, 0.3) is 0 Å². The summed E-state index contributed by atoms with van der Waals surface area (Å²) in [6, 6.07) is 0. The Labute approximate surface area is 96.1 Å². The van der Waals surface area contributed by atoms with E-state index < -0.39 is 9.29 Å². The maximum absolute atomic E-state index is 8.40. The van der Waals surface area contributed by atoms with Crippen molar-refractivity contribution in [2.24, 2.45) is 0 Å². The topological polar surface area (TPSA) is 148 Å². The van der Waals surface area contributed by atoms with Crippen LogP contribution in [0.4, 0.5) is 0 Å². The Kier molecular flexibility index (Phi) is 1650. The van der Waals surface area contributed by atoms with E-state index in [0.717, 1.165) is 0 Å². The quantitative estimate of drug-likeness (QED) is 0.482. The van der Waals surface area contributed by atoms with Crippen LogP contribution in [-0.4, -0.2) is 26.7 Å². The maximum atomic E-state index is 8.40. The zero-order valence-corrected chi connectivity index (χ0v) is 9.43. The molecule has 0 saturated heterocycles. The van der Waals surface area contributed by atoms with Crippen LogP contribution in [0.2, 0.25) is 0 Å². The van der Waals surface area contributed by atoms with Crippen molar-refractivity contribution >= 4 is 26.7 Å². The molecule has 0 aliphatic heterocycles. The van der Waals surface area contributed by atoms with E-state index >= 15 is 0 Å². The minimum atomic E-state index is -1.42. The van der Waals surface area contributed by atoms with Crippen LogP contribution in [0.5, 0.6) is 0 Å². The Bertz CT molecular complexity index is 38.7. The summed E-state index contributed by atoms with van der Waals surface area (Å²) in [5.41, 5.74) is 0. The average molecular weight is 251 g/mol. The van der Waals surface area contributed by atoms with Gasteiger partial charge in [0.15, 0.2) is 0 Å². The first-order valence-electron chi connectivity index (χ1n) is 0.408. The molecule has 0 amide bonds. The summed E-state index contributed by atoms with van der Waals surface area (Å²) >= 11 is 0. The number of hydrogen-bond donors (Lipinski definition) is 0. The number of hydrogen-bond acceptors (Lipinski definition) is 2. The van der Waals surface area contributed by atoms with Crippen LogP contribution in [0.3, 0.4) is 0 Å². The molecule has 1 radical (unpaired) electrons. The Morgan fingerprint density at radius 2 is 0.800 bits per heavy atom. The molecule has 10 heteroatoms. The molecule has 0 aliphatic rings. The van der Waals surface area contributed by atoms with Gasteiger partial charge in [-0.1, -0.05) is 0 Å². The molecule has 0 aromatic rings. The minimum absolute atomic E-state index is 0. The third kappa shape index (κ3) is 326. The zero-order valence-electron chi connectivity index (χ0n) is 4.44. The molecule has 10 heavy (non-hydrogen) atoms. The van der Waals surface area contributed by atoms with E-state index in [1.54, 1.807) is 0 Å². The largest absolute Gasteiger partial charge is 4.00 e. The van der Waals surface area contributed by atoms with Gasteiger partial charge in [-0.15, -0.1) is 0 Å². The molecular weight excluding hydrogens is 251 g/mol. The van der Waals surface area contributed by atoms with Crippen molar-refractivity contribution in [1.82, 2.24) is 0 Å². The summed E-state index contributed by atoms with van der Waals surface area (Å²) in [7, 11) is -1.42. The third-order valence-corrected chi connectivity index (χ3v) is 0. The molecule has 51 valence electrons.